The number of phenols is 1. The summed E-state index contributed by atoms with van der Waals surface area (Å²) >= 11 is 6.15. The Morgan fingerprint density at radius 2 is 1.93 bits per heavy atom. The van der Waals surface area contributed by atoms with Crippen molar-refractivity contribution < 1.29 is 9.90 Å². The maximum absolute atomic E-state index is 12.6. The van der Waals surface area contributed by atoms with E-state index in [1.54, 1.807) is 28.9 Å². The summed E-state index contributed by atoms with van der Waals surface area (Å²) in [4.78, 5) is 12.6. The van der Waals surface area contributed by atoms with Crippen molar-refractivity contribution in [1.82, 2.24) is 15.1 Å². The predicted octanol–water partition coefficient (Wildman–Crippen LogP) is 3.93. The third kappa shape index (κ3) is 4.89. The Labute approximate surface area is 163 Å². The monoisotopic (exact) mass is 383 g/mol. The number of carbonyl (C=O) groups excluding carboxylic acids is 1. The molecule has 27 heavy (non-hydrogen) atoms. The second kappa shape index (κ2) is 8.27. The summed E-state index contributed by atoms with van der Waals surface area (Å²) < 4.78 is 1.73. The van der Waals surface area contributed by atoms with E-state index in [2.05, 4.69) is 10.4 Å². The highest BCUT2D eigenvalue weighted by molar-refractivity contribution is 6.30. The van der Waals surface area contributed by atoms with Gasteiger partial charge >= 0.3 is 0 Å². The van der Waals surface area contributed by atoms with Crippen molar-refractivity contribution in [3.63, 3.8) is 0 Å². The first kappa shape index (κ1) is 19.0. The zero-order valence-corrected chi connectivity index (χ0v) is 16.1. The van der Waals surface area contributed by atoms with Gasteiger partial charge in [-0.05, 0) is 42.3 Å². The van der Waals surface area contributed by atoms with Crippen LogP contribution in [0.15, 0.2) is 54.7 Å². The molecule has 0 unspecified atom stereocenters. The number of carbonyl (C=O) groups is 1. The zero-order chi connectivity index (χ0) is 19.4. The quantitative estimate of drug-likeness (QED) is 0.677. The van der Waals surface area contributed by atoms with Gasteiger partial charge in [-0.1, -0.05) is 35.9 Å². The summed E-state index contributed by atoms with van der Waals surface area (Å²) in [5, 5.41) is 17.7. The zero-order valence-electron chi connectivity index (χ0n) is 15.3. The van der Waals surface area contributed by atoms with Crippen LogP contribution < -0.4 is 5.32 Å². The molecule has 140 valence electrons. The van der Waals surface area contributed by atoms with Crippen LogP contribution in [0, 0.1) is 6.92 Å². The first-order valence-electron chi connectivity index (χ1n) is 8.72. The Morgan fingerprint density at radius 3 is 2.56 bits per heavy atom. The SMILES string of the molecule is Cc1nn(C)cc1CNC(=O)C[C@@H](c1cccc(O)c1)c1cccc(Cl)c1. The van der Waals surface area contributed by atoms with E-state index in [-0.39, 0.29) is 24.0 Å². The lowest BCUT2D eigenvalue weighted by Gasteiger charge is -2.18. The van der Waals surface area contributed by atoms with E-state index in [9.17, 15) is 9.90 Å². The molecule has 0 aliphatic heterocycles. The van der Waals surface area contributed by atoms with E-state index in [4.69, 9.17) is 11.6 Å². The number of rotatable bonds is 6. The third-order valence-corrected chi connectivity index (χ3v) is 4.74. The lowest BCUT2D eigenvalue weighted by Crippen LogP contribution is -2.25. The fourth-order valence-electron chi connectivity index (χ4n) is 3.17. The Hall–Kier alpha value is -2.79. The van der Waals surface area contributed by atoms with Gasteiger partial charge in [-0.3, -0.25) is 9.48 Å². The van der Waals surface area contributed by atoms with Crippen molar-refractivity contribution in [2.24, 2.45) is 7.05 Å². The minimum absolute atomic E-state index is 0.0772. The number of amides is 1. The fourth-order valence-corrected chi connectivity index (χ4v) is 3.37. The van der Waals surface area contributed by atoms with Crippen LogP contribution in [0.4, 0.5) is 0 Å². The minimum Gasteiger partial charge on any atom is -0.508 e. The summed E-state index contributed by atoms with van der Waals surface area (Å²) in [7, 11) is 1.86. The van der Waals surface area contributed by atoms with E-state index in [1.807, 2.05) is 44.4 Å². The molecule has 0 spiro atoms. The molecule has 1 aromatic heterocycles. The molecular weight excluding hydrogens is 362 g/mol. The first-order valence-corrected chi connectivity index (χ1v) is 9.10. The van der Waals surface area contributed by atoms with Crippen LogP contribution in [0.2, 0.25) is 5.02 Å². The molecule has 6 heteroatoms. The van der Waals surface area contributed by atoms with Crippen molar-refractivity contribution >= 4 is 17.5 Å². The van der Waals surface area contributed by atoms with Crippen LogP contribution in [0.1, 0.15) is 34.7 Å². The standard InChI is InChI=1S/C21H22ClN3O2/c1-14-17(13-25(2)24-14)12-23-21(27)11-20(15-5-3-7-18(22)9-15)16-6-4-8-19(26)10-16/h3-10,13,20,26H,11-12H2,1-2H3,(H,23,27)/t20-/m1/s1. The van der Waals surface area contributed by atoms with Crippen molar-refractivity contribution in [3.05, 3.63) is 82.1 Å². The third-order valence-electron chi connectivity index (χ3n) is 4.50. The van der Waals surface area contributed by atoms with Gasteiger partial charge in [0, 0.05) is 42.7 Å². The Balaban J connectivity index is 1.78. The largest absolute Gasteiger partial charge is 0.508 e. The summed E-state index contributed by atoms with van der Waals surface area (Å²) in [6, 6.07) is 14.4. The number of hydrogen-bond donors (Lipinski definition) is 2. The number of aromatic hydroxyl groups is 1. The molecule has 1 heterocycles. The van der Waals surface area contributed by atoms with Crippen molar-refractivity contribution in [1.29, 1.82) is 0 Å². The molecule has 1 amide bonds. The summed E-state index contributed by atoms with van der Waals surface area (Å²) in [5.41, 5.74) is 3.69. The van der Waals surface area contributed by atoms with Gasteiger partial charge in [-0.15, -0.1) is 0 Å². The second-order valence-corrected chi connectivity index (χ2v) is 7.03. The molecule has 0 aliphatic carbocycles. The summed E-state index contributed by atoms with van der Waals surface area (Å²) in [5.74, 6) is -0.108. The molecule has 5 nitrogen and oxygen atoms in total. The van der Waals surface area contributed by atoms with Gasteiger partial charge in [0.2, 0.25) is 5.91 Å². The summed E-state index contributed by atoms with van der Waals surface area (Å²) in [6.45, 7) is 2.35. The number of aryl methyl sites for hydroxylation is 2. The molecular formula is C21H22ClN3O2. The molecule has 0 fully saturated rings. The minimum atomic E-state index is -0.203. The maximum atomic E-state index is 12.6. The molecule has 0 radical (unpaired) electrons. The normalized spacial score (nSPS) is 12.0. The van der Waals surface area contributed by atoms with E-state index < -0.39 is 0 Å². The van der Waals surface area contributed by atoms with Crippen LogP contribution in [-0.4, -0.2) is 20.8 Å². The van der Waals surface area contributed by atoms with Crippen LogP contribution in [0.3, 0.4) is 0 Å². The molecule has 2 N–H and O–H groups in total. The van der Waals surface area contributed by atoms with Crippen LogP contribution >= 0.6 is 11.6 Å². The molecule has 0 saturated heterocycles. The molecule has 3 aromatic rings. The molecule has 0 bridgehead atoms. The van der Waals surface area contributed by atoms with Crippen LogP contribution in [-0.2, 0) is 18.4 Å². The van der Waals surface area contributed by atoms with Gasteiger partial charge in [-0.2, -0.15) is 5.10 Å². The van der Waals surface area contributed by atoms with Gasteiger partial charge in [0.1, 0.15) is 5.75 Å². The average molecular weight is 384 g/mol. The van der Waals surface area contributed by atoms with Gasteiger partial charge in [-0.25, -0.2) is 0 Å². The van der Waals surface area contributed by atoms with E-state index in [1.165, 1.54) is 0 Å². The smallest absolute Gasteiger partial charge is 0.221 e. The van der Waals surface area contributed by atoms with Crippen molar-refractivity contribution in [2.45, 2.75) is 25.8 Å². The number of nitrogens with one attached hydrogen (secondary N) is 1. The highest BCUT2D eigenvalue weighted by Crippen LogP contribution is 2.31. The van der Waals surface area contributed by atoms with Gasteiger partial charge in [0.25, 0.3) is 0 Å². The fraction of sp³-hybridized carbons (Fsp3) is 0.238. The number of aromatic nitrogens is 2. The Morgan fingerprint density at radius 1 is 1.22 bits per heavy atom. The molecule has 0 saturated carbocycles. The second-order valence-electron chi connectivity index (χ2n) is 6.60. The molecule has 3 rings (SSSR count). The summed E-state index contributed by atoms with van der Waals surface area (Å²) in [6.07, 6.45) is 2.16. The maximum Gasteiger partial charge on any atom is 0.221 e. The number of halogens is 1. The van der Waals surface area contributed by atoms with Gasteiger partial charge in [0.05, 0.1) is 5.69 Å². The average Bonchev–Trinajstić information content (AvgIpc) is 2.95. The molecule has 0 aliphatic rings. The van der Waals surface area contributed by atoms with Gasteiger partial charge in [0.15, 0.2) is 0 Å². The number of benzene rings is 2. The Kier molecular flexibility index (Phi) is 5.81. The van der Waals surface area contributed by atoms with Crippen LogP contribution in [0.5, 0.6) is 5.75 Å². The number of phenolic OH excluding ortho intramolecular Hbond substituents is 1. The topological polar surface area (TPSA) is 67.2 Å². The predicted molar refractivity (Wildman–Crippen MR) is 106 cm³/mol. The van der Waals surface area contributed by atoms with Gasteiger partial charge < -0.3 is 10.4 Å². The van der Waals surface area contributed by atoms with Crippen LogP contribution in [0.25, 0.3) is 0 Å². The molecule has 1 atom stereocenters. The lowest BCUT2D eigenvalue weighted by atomic mass is 9.88. The van der Waals surface area contributed by atoms with Crippen molar-refractivity contribution in [3.8, 4) is 5.75 Å². The van der Waals surface area contributed by atoms with E-state index in [0.717, 1.165) is 22.4 Å². The lowest BCUT2D eigenvalue weighted by molar-refractivity contribution is -0.121. The van der Waals surface area contributed by atoms with E-state index in [0.29, 0.717) is 11.6 Å². The first-order chi connectivity index (χ1) is 12.9. The van der Waals surface area contributed by atoms with E-state index >= 15 is 0 Å². The number of hydrogen-bond acceptors (Lipinski definition) is 3. The van der Waals surface area contributed by atoms with Crippen molar-refractivity contribution in [2.75, 3.05) is 0 Å². The Bertz CT molecular complexity index is 907. The highest BCUT2D eigenvalue weighted by atomic mass is 35.5. The molecule has 2 aromatic carbocycles. The number of nitrogens with zero attached hydrogens (tertiary/aromatic N) is 2. The highest BCUT2D eigenvalue weighted by Gasteiger charge is 2.19.